The van der Waals surface area contributed by atoms with Crippen LogP contribution in [0, 0.1) is 10.1 Å². The van der Waals surface area contributed by atoms with Crippen molar-refractivity contribution in [3.8, 4) is 0 Å². The summed E-state index contributed by atoms with van der Waals surface area (Å²) in [6.07, 6.45) is 1.19. The predicted molar refractivity (Wildman–Crippen MR) is 77.0 cm³/mol. The lowest BCUT2D eigenvalue weighted by molar-refractivity contribution is -0.385. The molecule has 7 nitrogen and oxygen atoms in total. The van der Waals surface area contributed by atoms with E-state index >= 15 is 0 Å². The summed E-state index contributed by atoms with van der Waals surface area (Å²) in [5.41, 5.74) is 0.0973. The van der Waals surface area contributed by atoms with Gasteiger partial charge in [-0.25, -0.2) is 0 Å². The first kappa shape index (κ1) is 14.4. The summed E-state index contributed by atoms with van der Waals surface area (Å²) in [6, 6.07) is 11.2. The number of anilines is 1. The maximum absolute atomic E-state index is 11.8. The lowest BCUT2D eigenvalue weighted by Crippen LogP contribution is -2.22. The Hall–Kier alpha value is -2.96. The average molecular weight is 287 g/mol. The van der Waals surface area contributed by atoms with Crippen molar-refractivity contribution in [2.24, 2.45) is 0 Å². The number of hydrogen-bond donors (Lipinski definition) is 1. The highest BCUT2D eigenvalue weighted by Crippen LogP contribution is 2.08. The van der Waals surface area contributed by atoms with Crippen molar-refractivity contribution in [2.45, 2.75) is 13.0 Å². The van der Waals surface area contributed by atoms with Crippen molar-refractivity contribution in [1.29, 1.82) is 0 Å². The fourth-order valence-electron chi connectivity index (χ4n) is 1.77. The van der Waals surface area contributed by atoms with Gasteiger partial charge in [0.2, 0.25) is 5.91 Å². The van der Waals surface area contributed by atoms with Crippen molar-refractivity contribution in [3.63, 3.8) is 0 Å². The third-order valence-corrected chi connectivity index (χ3v) is 2.82. The van der Waals surface area contributed by atoms with Gasteiger partial charge in [-0.3, -0.25) is 19.7 Å². The number of nitrogens with zero attached hydrogens (tertiary/aromatic N) is 2. The maximum Gasteiger partial charge on any atom is 0.285 e. The zero-order valence-corrected chi connectivity index (χ0v) is 11.1. The molecule has 0 fully saturated rings. The van der Waals surface area contributed by atoms with Crippen LogP contribution in [0.15, 0.2) is 53.5 Å². The van der Waals surface area contributed by atoms with Crippen molar-refractivity contribution < 1.29 is 9.72 Å². The molecule has 0 aliphatic heterocycles. The second-order valence-electron chi connectivity index (χ2n) is 4.34. The van der Waals surface area contributed by atoms with E-state index in [1.54, 1.807) is 24.3 Å². The molecule has 0 atom stereocenters. The minimum atomic E-state index is -0.583. The number of nitrogens with one attached hydrogen (secondary N) is 1. The highest BCUT2D eigenvalue weighted by molar-refractivity contribution is 5.90. The molecule has 0 saturated heterocycles. The molecule has 1 N–H and O–H groups in total. The molecule has 0 bridgehead atoms. The van der Waals surface area contributed by atoms with Gasteiger partial charge < -0.3 is 9.88 Å². The normalized spacial score (nSPS) is 10.1. The monoisotopic (exact) mass is 287 g/mol. The zero-order valence-electron chi connectivity index (χ0n) is 11.1. The average Bonchev–Trinajstić information content (AvgIpc) is 2.47. The number of carbonyl (C=O) groups is 1. The van der Waals surface area contributed by atoms with E-state index in [0.29, 0.717) is 5.69 Å². The van der Waals surface area contributed by atoms with Crippen LogP contribution in [0.1, 0.15) is 6.42 Å². The summed E-state index contributed by atoms with van der Waals surface area (Å²) in [6.45, 7) is 0.0825. The van der Waals surface area contributed by atoms with Crippen molar-refractivity contribution in [1.82, 2.24) is 4.57 Å². The first-order chi connectivity index (χ1) is 10.1. The van der Waals surface area contributed by atoms with Crippen molar-refractivity contribution in [2.75, 3.05) is 5.32 Å². The van der Waals surface area contributed by atoms with E-state index in [2.05, 4.69) is 5.32 Å². The summed E-state index contributed by atoms with van der Waals surface area (Å²) >= 11 is 0. The Balaban J connectivity index is 1.99. The van der Waals surface area contributed by atoms with Gasteiger partial charge >= 0.3 is 0 Å². The number of carbonyl (C=O) groups excluding carboxylic acids is 1. The third-order valence-electron chi connectivity index (χ3n) is 2.82. The van der Waals surface area contributed by atoms with Crippen LogP contribution in [0.25, 0.3) is 0 Å². The van der Waals surface area contributed by atoms with Crippen molar-refractivity contribution >= 4 is 17.3 Å². The van der Waals surface area contributed by atoms with Gasteiger partial charge in [0.15, 0.2) is 0 Å². The Morgan fingerprint density at radius 2 is 1.90 bits per heavy atom. The van der Waals surface area contributed by atoms with E-state index in [-0.39, 0.29) is 30.1 Å². The molecule has 7 heteroatoms. The second kappa shape index (κ2) is 6.47. The zero-order chi connectivity index (χ0) is 15.2. The highest BCUT2D eigenvalue weighted by Gasteiger charge is 2.09. The number of amides is 1. The van der Waals surface area contributed by atoms with Crippen LogP contribution in [0.5, 0.6) is 0 Å². The first-order valence-corrected chi connectivity index (χ1v) is 6.26. The molecule has 2 rings (SSSR count). The predicted octanol–water partition coefficient (Wildman–Crippen LogP) is 1.79. The smallest absolute Gasteiger partial charge is 0.285 e. The maximum atomic E-state index is 11.8. The molecule has 1 amide bonds. The topological polar surface area (TPSA) is 94.2 Å². The Kier molecular flexibility index (Phi) is 4.45. The quantitative estimate of drug-likeness (QED) is 0.670. The first-order valence-electron chi connectivity index (χ1n) is 6.26. The molecule has 0 aliphatic rings. The van der Waals surface area contributed by atoms with Crippen LogP contribution in [0.4, 0.5) is 11.4 Å². The largest absolute Gasteiger partial charge is 0.326 e. The molecule has 0 spiro atoms. The number of aromatic nitrogens is 1. The number of benzene rings is 1. The van der Waals surface area contributed by atoms with E-state index in [1.165, 1.54) is 0 Å². The van der Waals surface area contributed by atoms with Crippen LogP contribution < -0.4 is 10.9 Å². The molecule has 1 aromatic heterocycles. The van der Waals surface area contributed by atoms with E-state index in [9.17, 15) is 19.7 Å². The fourth-order valence-corrected chi connectivity index (χ4v) is 1.77. The molecule has 108 valence electrons. The van der Waals surface area contributed by atoms with Gasteiger partial charge in [-0.05, 0) is 12.1 Å². The van der Waals surface area contributed by atoms with Gasteiger partial charge in [0.25, 0.3) is 11.2 Å². The Bertz CT molecular complexity index is 710. The molecular weight excluding hydrogens is 274 g/mol. The summed E-state index contributed by atoms with van der Waals surface area (Å²) in [5.74, 6) is -0.264. The van der Waals surface area contributed by atoms with Gasteiger partial charge in [-0.15, -0.1) is 0 Å². The molecule has 0 radical (unpaired) electrons. The van der Waals surface area contributed by atoms with E-state index in [4.69, 9.17) is 0 Å². The van der Waals surface area contributed by atoms with Crippen LogP contribution in [-0.4, -0.2) is 15.4 Å². The molecule has 1 aromatic carbocycles. The van der Waals surface area contributed by atoms with E-state index in [1.807, 2.05) is 6.07 Å². The molecular formula is C14H13N3O4. The van der Waals surface area contributed by atoms with E-state index in [0.717, 1.165) is 22.9 Å². The summed E-state index contributed by atoms with van der Waals surface area (Å²) in [4.78, 5) is 33.4. The number of aryl methyl sites for hydroxylation is 1. The number of para-hydroxylation sites is 1. The van der Waals surface area contributed by atoms with Gasteiger partial charge in [-0.1, -0.05) is 18.2 Å². The van der Waals surface area contributed by atoms with Crippen molar-refractivity contribution in [3.05, 3.63) is 69.1 Å². The lowest BCUT2D eigenvalue weighted by Gasteiger charge is -2.06. The number of pyridine rings is 1. The molecule has 2 aromatic rings. The van der Waals surface area contributed by atoms with Crippen LogP contribution >= 0.6 is 0 Å². The molecule has 0 saturated carbocycles. The summed E-state index contributed by atoms with van der Waals surface area (Å²) < 4.78 is 1.16. The highest BCUT2D eigenvalue weighted by atomic mass is 16.6. The SMILES string of the molecule is O=C(CCn1cc([N+](=O)[O-])ccc1=O)Nc1ccccc1. The van der Waals surface area contributed by atoms with Crippen LogP contribution in [0.3, 0.4) is 0 Å². The minimum absolute atomic E-state index is 0.0516. The number of nitro groups is 1. The van der Waals surface area contributed by atoms with Crippen LogP contribution in [0.2, 0.25) is 0 Å². The van der Waals surface area contributed by atoms with Crippen LogP contribution in [-0.2, 0) is 11.3 Å². The molecule has 0 unspecified atom stereocenters. The standard InChI is InChI=1S/C14H13N3O4/c18-13(15-11-4-2-1-3-5-11)8-9-16-10-12(17(20)21)6-7-14(16)19/h1-7,10H,8-9H2,(H,15,18). The Morgan fingerprint density at radius 3 is 2.57 bits per heavy atom. The number of rotatable bonds is 5. The van der Waals surface area contributed by atoms with Gasteiger partial charge in [0, 0.05) is 30.8 Å². The summed E-state index contributed by atoms with van der Waals surface area (Å²) in [5, 5.41) is 13.3. The minimum Gasteiger partial charge on any atom is -0.326 e. The third kappa shape index (κ3) is 4.00. The fraction of sp³-hybridized carbons (Fsp3) is 0.143. The lowest BCUT2D eigenvalue weighted by atomic mass is 10.3. The molecule has 21 heavy (non-hydrogen) atoms. The van der Waals surface area contributed by atoms with Gasteiger partial charge in [0.1, 0.15) is 0 Å². The number of hydrogen-bond acceptors (Lipinski definition) is 4. The molecule has 1 heterocycles. The summed E-state index contributed by atoms with van der Waals surface area (Å²) in [7, 11) is 0. The van der Waals surface area contributed by atoms with E-state index < -0.39 is 4.92 Å². The second-order valence-corrected chi connectivity index (χ2v) is 4.34. The van der Waals surface area contributed by atoms with Gasteiger partial charge in [0.05, 0.1) is 11.1 Å². The Morgan fingerprint density at radius 1 is 1.19 bits per heavy atom. The Labute approximate surface area is 120 Å². The molecule has 0 aliphatic carbocycles. The van der Waals surface area contributed by atoms with Gasteiger partial charge in [-0.2, -0.15) is 0 Å².